The highest BCUT2D eigenvalue weighted by Crippen LogP contribution is 2.30. The summed E-state index contributed by atoms with van der Waals surface area (Å²) in [6, 6.07) is 0. The van der Waals surface area contributed by atoms with E-state index in [0.29, 0.717) is 0 Å². The molecular formula is C12H21F3O3. The number of esters is 1. The van der Waals surface area contributed by atoms with Crippen molar-refractivity contribution in [1.82, 2.24) is 0 Å². The van der Waals surface area contributed by atoms with Gasteiger partial charge < -0.3 is 9.84 Å². The summed E-state index contributed by atoms with van der Waals surface area (Å²) in [5, 5.41) is 10.2. The molecule has 18 heavy (non-hydrogen) atoms. The SMILES string of the molecule is CCOC(=O)C(O)(CC)C(C)CCCC(F)(F)F. The lowest BCUT2D eigenvalue weighted by molar-refractivity contribution is -0.172. The molecule has 108 valence electrons. The van der Waals surface area contributed by atoms with Gasteiger partial charge in [0, 0.05) is 6.42 Å². The monoisotopic (exact) mass is 270 g/mol. The third-order valence-corrected chi connectivity index (χ3v) is 3.08. The molecule has 2 unspecified atom stereocenters. The molecule has 0 fully saturated rings. The van der Waals surface area contributed by atoms with Crippen LogP contribution < -0.4 is 0 Å². The van der Waals surface area contributed by atoms with E-state index in [9.17, 15) is 23.1 Å². The lowest BCUT2D eigenvalue weighted by atomic mass is 9.83. The molecule has 0 aromatic carbocycles. The van der Waals surface area contributed by atoms with Gasteiger partial charge in [0.25, 0.3) is 0 Å². The molecule has 0 aliphatic heterocycles. The summed E-state index contributed by atoms with van der Waals surface area (Å²) in [6.07, 6.45) is -4.96. The van der Waals surface area contributed by atoms with E-state index in [-0.39, 0.29) is 25.9 Å². The van der Waals surface area contributed by atoms with Gasteiger partial charge in [-0.3, -0.25) is 0 Å². The fourth-order valence-electron chi connectivity index (χ4n) is 1.80. The average molecular weight is 270 g/mol. The Labute approximate surface area is 105 Å². The minimum absolute atomic E-state index is 0.105. The van der Waals surface area contributed by atoms with Crippen LogP contribution in [0.1, 0.15) is 46.5 Å². The maximum absolute atomic E-state index is 12.0. The molecule has 0 bridgehead atoms. The van der Waals surface area contributed by atoms with Crippen LogP contribution in [0.5, 0.6) is 0 Å². The first-order valence-corrected chi connectivity index (χ1v) is 6.13. The van der Waals surface area contributed by atoms with Crippen molar-refractivity contribution in [3.8, 4) is 0 Å². The van der Waals surface area contributed by atoms with Gasteiger partial charge in [0.05, 0.1) is 6.61 Å². The van der Waals surface area contributed by atoms with Crippen LogP contribution in [0.25, 0.3) is 0 Å². The van der Waals surface area contributed by atoms with E-state index in [4.69, 9.17) is 4.74 Å². The second kappa shape index (κ2) is 6.97. The van der Waals surface area contributed by atoms with E-state index in [1.807, 2.05) is 0 Å². The van der Waals surface area contributed by atoms with Gasteiger partial charge in [0.1, 0.15) is 0 Å². The Hall–Kier alpha value is -0.780. The van der Waals surface area contributed by atoms with E-state index < -0.39 is 30.1 Å². The van der Waals surface area contributed by atoms with Gasteiger partial charge in [0.2, 0.25) is 0 Å². The van der Waals surface area contributed by atoms with Gasteiger partial charge in [-0.15, -0.1) is 0 Å². The number of alkyl halides is 3. The second-order valence-electron chi connectivity index (χ2n) is 4.41. The van der Waals surface area contributed by atoms with Crippen molar-refractivity contribution in [3.05, 3.63) is 0 Å². The first-order chi connectivity index (χ1) is 8.17. The summed E-state index contributed by atoms with van der Waals surface area (Å²) < 4.78 is 40.8. The molecule has 0 aromatic rings. The summed E-state index contributed by atoms with van der Waals surface area (Å²) in [7, 11) is 0. The van der Waals surface area contributed by atoms with Crippen LogP contribution in [0.4, 0.5) is 13.2 Å². The highest BCUT2D eigenvalue weighted by atomic mass is 19.4. The molecule has 0 amide bonds. The van der Waals surface area contributed by atoms with Crippen LogP contribution in [0.15, 0.2) is 0 Å². The molecule has 0 aliphatic rings. The molecule has 0 heterocycles. The first kappa shape index (κ1) is 17.2. The molecule has 0 saturated carbocycles. The zero-order chi connectivity index (χ0) is 14.4. The number of carbonyl (C=O) groups is 1. The van der Waals surface area contributed by atoms with Gasteiger partial charge in [-0.05, 0) is 32.1 Å². The van der Waals surface area contributed by atoms with Gasteiger partial charge >= 0.3 is 12.1 Å². The van der Waals surface area contributed by atoms with Crippen LogP contribution in [0.2, 0.25) is 0 Å². The van der Waals surface area contributed by atoms with Crippen molar-refractivity contribution < 1.29 is 27.8 Å². The molecule has 2 atom stereocenters. The third kappa shape index (κ3) is 5.25. The molecule has 0 spiro atoms. The lowest BCUT2D eigenvalue weighted by Crippen LogP contribution is -2.45. The van der Waals surface area contributed by atoms with E-state index in [1.54, 1.807) is 20.8 Å². The van der Waals surface area contributed by atoms with Crippen LogP contribution in [-0.4, -0.2) is 29.5 Å². The number of aliphatic hydroxyl groups is 1. The highest BCUT2D eigenvalue weighted by Gasteiger charge is 2.41. The van der Waals surface area contributed by atoms with Crippen LogP contribution in [0.3, 0.4) is 0 Å². The van der Waals surface area contributed by atoms with Crippen molar-refractivity contribution in [2.75, 3.05) is 6.61 Å². The molecule has 0 aliphatic carbocycles. The molecule has 0 radical (unpaired) electrons. The average Bonchev–Trinajstić information content (AvgIpc) is 2.26. The minimum Gasteiger partial charge on any atom is -0.464 e. The van der Waals surface area contributed by atoms with Gasteiger partial charge in [-0.25, -0.2) is 4.79 Å². The highest BCUT2D eigenvalue weighted by molar-refractivity contribution is 5.79. The largest absolute Gasteiger partial charge is 0.464 e. The Morgan fingerprint density at radius 1 is 1.33 bits per heavy atom. The Morgan fingerprint density at radius 3 is 2.28 bits per heavy atom. The molecule has 3 nitrogen and oxygen atoms in total. The number of hydrogen-bond donors (Lipinski definition) is 1. The van der Waals surface area contributed by atoms with E-state index in [2.05, 4.69) is 0 Å². The predicted molar refractivity (Wildman–Crippen MR) is 60.9 cm³/mol. The van der Waals surface area contributed by atoms with Gasteiger partial charge in [-0.1, -0.05) is 13.8 Å². The Balaban J connectivity index is 4.42. The maximum atomic E-state index is 12.0. The molecule has 6 heteroatoms. The van der Waals surface area contributed by atoms with Crippen LogP contribution in [-0.2, 0) is 9.53 Å². The fraction of sp³-hybridized carbons (Fsp3) is 0.917. The lowest BCUT2D eigenvalue weighted by Gasteiger charge is -2.30. The van der Waals surface area contributed by atoms with Gasteiger partial charge in [-0.2, -0.15) is 13.2 Å². The van der Waals surface area contributed by atoms with Crippen molar-refractivity contribution in [3.63, 3.8) is 0 Å². The molecule has 0 aromatic heterocycles. The number of carbonyl (C=O) groups excluding carboxylic acids is 1. The maximum Gasteiger partial charge on any atom is 0.389 e. The van der Waals surface area contributed by atoms with Crippen molar-refractivity contribution >= 4 is 5.97 Å². The van der Waals surface area contributed by atoms with Crippen LogP contribution >= 0.6 is 0 Å². The molecule has 1 N–H and O–H groups in total. The topological polar surface area (TPSA) is 46.5 Å². The van der Waals surface area contributed by atoms with E-state index in [1.165, 1.54) is 0 Å². The Bertz CT molecular complexity index is 266. The second-order valence-corrected chi connectivity index (χ2v) is 4.41. The smallest absolute Gasteiger partial charge is 0.389 e. The minimum atomic E-state index is -4.20. The summed E-state index contributed by atoms with van der Waals surface area (Å²) >= 11 is 0. The van der Waals surface area contributed by atoms with Gasteiger partial charge in [0.15, 0.2) is 5.60 Å². The normalized spacial score (nSPS) is 17.1. The number of ether oxygens (including phenoxy) is 1. The molecule has 0 saturated heterocycles. The summed E-state index contributed by atoms with van der Waals surface area (Å²) in [6.45, 7) is 4.92. The molecular weight excluding hydrogens is 249 g/mol. The number of halogens is 3. The van der Waals surface area contributed by atoms with Crippen molar-refractivity contribution in [2.45, 2.75) is 58.2 Å². The van der Waals surface area contributed by atoms with Crippen molar-refractivity contribution in [2.24, 2.45) is 5.92 Å². The quantitative estimate of drug-likeness (QED) is 0.723. The zero-order valence-electron chi connectivity index (χ0n) is 11.0. The van der Waals surface area contributed by atoms with E-state index >= 15 is 0 Å². The predicted octanol–water partition coefficient (Wildman–Crippen LogP) is 3.06. The van der Waals surface area contributed by atoms with Crippen molar-refractivity contribution in [1.29, 1.82) is 0 Å². The number of rotatable bonds is 7. The van der Waals surface area contributed by atoms with Crippen LogP contribution in [0, 0.1) is 5.92 Å². The standard InChI is InChI=1S/C12H21F3O3/c1-4-11(17,10(16)18-5-2)9(3)7-6-8-12(13,14)15/h9,17H,4-8H2,1-3H3. The fourth-order valence-corrected chi connectivity index (χ4v) is 1.80. The Kier molecular flexibility index (Phi) is 6.67. The zero-order valence-corrected chi connectivity index (χ0v) is 11.0. The third-order valence-electron chi connectivity index (χ3n) is 3.08. The molecule has 0 rings (SSSR count). The number of hydrogen-bond acceptors (Lipinski definition) is 3. The van der Waals surface area contributed by atoms with E-state index in [0.717, 1.165) is 0 Å². The summed E-state index contributed by atoms with van der Waals surface area (Å²) in [5.41, 5.74) is -1.69. The Morgan fingerprint density at radius 2 is 1.89 bits per heavy atom. The summed E-state index contributed by atoms with van der Waals surface area (Å²) in [4.78, 5) is 11.6. The first-order valence-electron chi connectivity index (χ1n) is 6.13. The summed E-state index contributed by atoms with van der Waals surface area (Å²) in [5.74, 6) is -1.32.